The van der Waals surface area contributed by atoms with Crippen LogP contribution in [0.4, 0.5) is 0 Å². The Bertz CT molecular complexity index is 659. The quantitative estimate of drug-likeness (QED) is 0.737. The minimum absolute atomic E-state index is 0.00656. The molecule has 120 valence electrons. The van der Waals surface area contributed by atoms with Gasteiger partial charge in [-0.3, -0.25) is 4.79 Å². The van der Waals surface area contributed by atoms with E-state index in [1.165, 1.54) is 5.56 Å². The zero-order valence-electron chi connectivity index (χ0n) is 13.9. The zero-order chi connectivity index (χ0) is 15.9. The highest BCUT2D eigenvalue weighted by atomic mass is 16.1. The number of aromatic nitrogens is 1. The van der Waals surface area contributed by atoms with Crippen LogP contribution in [0.5, 0.6) is 0 Å². The van der Waals surface area contributed by atoms with Crippen LogP contribution in [-0.4, -0.2) is 36.1 Å². The molecule has 0 amide bonds. The lowest BCUT2D eigenvalue weighted by Crippen LogP contribution is -2.32. The largest absolute Gasteiger partial charge is 0.322 e. The fraction of sp³-hybridized carbons (Fsp3) is 0.500. The van der Waals surface area contributed by atoms with Gasteiger partial charge in [-0.15, -0.1) is 0 Å². The molecule has 0 spiro atoms. The van der Waals surface area contributed by atoms with Gasteiger partial charge in [0.1, 0.15) is 0 Å². The van der Waals surface area contributed by atoms with Crippen LogP contribution < -0.4 is 10.9 Å². The molecule has 2 N–H and O–H groups in total. The number of hydrogen-bond donors (Lipinski definition) is 2. The maximum absolute atomic E-state index is 12.1. The minimum atomic E-state index is 0.00656. The first-order chi connectivity index (χ1) is 10.7. The van der Waals surface area contributed by atoms with Crippen molar-refractivity contribution >= 4 is 10.9 Å². The molecule has 4 heteroatoms. The van der Waals surface area contributed by atoms with Crippen molar-refractivity contribution in [2.75, 3.05) is 26.2 Å². The van der Waals surface area contributed by atoms with Crippen LogP contribution in [0.2, 0.25) is 0 Å². The molecule has 0 aliphatic carbocycles. The highest BCUT2D eigenvalue weighted by molar-refractivity contribution is 5.79. The topological polar surface area (TPSA) is 48.1 Å². The molecule has 1 heterocycles. The van der Waals surface area contributed by atoms with Gasteiger partial charge >= 0.3 is 0 Å². The van der Waals surface area contributed by atoms with Crippen molar-refractivity contribution in [1.29, 1.82) is 0 Å². The molecule has 0 aliphatic heterocycles. The van der Waals surface area contributed by atoms with E-state index in [-0.39, 0.29) is 5.56 Å². The molecule has 1 aromatic heterocycles. The summed E-state index contributed by atoms with van der Waals surface area (Å²) in [5, 5.41) is 4.48. The summed E-state index contributed by atoms with van der Waals surface area (Å²) in [5.74, 6) is 0. The van der Waals surface area contributed by atoms with Gasteiger partial charge in [-0.1, -0.05) is 26.8 Å². The van der Waals surface area contributed by atoms with Gasteiger partial charge in [0.15, 0.2) is 0 Å². The molecule has 0 unspecified atom stereocenters. The molecule has 0 saturated heterocycles. The van der Waals surface area contributed by atoms with E-state index in [4.69, 9.17) is 0 Å². The van der Waals surface area contributed by atoms with E-state index < -0.39 is 0 Å². The van der Waals surface area contributed by atoms with Crippen molar-refractivity contribution in [1.82, 2.24) is 15.2 Å². The molecular formula is C18H27N3O. The Morgan fingerprint density at radius 2 is 1.91 bits per heavy atom. The smallest absolute Gasteiger partial charge is 0.252 e. The number of pyridine rings is 1. The van der Waals surface area contributed by atoms with Crippen molar-refractivity contribution in [2.45, 2.75) is 33.7 Å². The second-order valence-corrected chi connectivity index (χ2v) is 5.60. The lowest BCUT2D eigenvalue weighted by atomic mass is 10.1. The number of nitrogens with zero attached hydrogens (tertiary/aromatic N) is 1. The first-order valence-electron chi connectivity index (χ1n) is 8.25. The fourth-order valence-electron chi connectivity index (χ4n) is 2.65. The summed E-state index contributed by atoms with van der Waals surface area (Å²) in [5.41, 5.74) is 3.02. The monoisotopic (exact) mass is 301 g/mol. The number of aromatic amines is 1. The third-order valence-electron chi connectivity index (χ3n) is 4.21. The lowest BCUT2D eigenvalue weighted by molar-refractivity contribution is 0.302. The van der Waals surface area contributed by atoms with Gasteiger partial charge in [0.2, 0.25) is 0 Å². The number of rotatable bonds is 8. The van der Waals surface area contributed by atoms with E-state index in [1.54, 1.807) is 0 Å². The Balaban J connectivity index is 2.04. The Kier molecular flexibility index (Phi) is 6.16. The molecule has 0 fully saturated rings. The molecule has 0 aliphatic rings. The van der Waals surface area contributed by atoms with Crippen LogP contribution in [0.25, 0.3) is 10.9 Å². The molecule has 0 radical (unpaired) electrons. The molecule has 2 rings (SSSR count). The standard InChI is InChI=1S/C18H27N3O/c1-4-14-7-8-17-15(11-14)12-16(18(22)20-17)13-19-9-10-21(5-2)6-3/h7-8,11-12,19H,4-6,9-10,13H2,1-3H3,(H,20,22). The fourth-order valence-corrected chi connectivity index (χ4v) is 2.65. The summed E-state index contributed by atoms with van der Waals surface area (Å²) in [6.07, 6.45) is 1.01. The van der Waals surface area contributed by atoms with E-state index in [2.05, 4.69) is 48.1 Å². The average molecular weight is 301 g/mol. The van der Waals surface area contributed by atoms with Crippen molar-refractivity contribution in [3.8, 4) is 0 Å². The van der Waals surface area contributed by atoms with E-state index in [1.807, 2.05) is 12.1 Å². The van der Waals surface area contributed by atoms with E-state index >= 15 is 0 Å². The highest BCUT2D eigenvalue weighted by Gasteiger charge is 2.04. The van der Waals surface area contributed by atoms with Crippen LogP contribution in [0.1, 0.15) is 31.9 Å². The zero-order valence-corrected chi connectivity index (χ0v) is 13.9. The first kappa shape index (κ1) is 16.7. The normalized spacial score (nSPS) is 11.5. The number of likely N-dealkylation sites (N-methyl/N-ethyl adjacent to an activating group) is 1. The predicted molar refractivity (Wildman–Crippen MR) is 93.4 cm³/mol. The Hall–Kier alpha value is -1.65. The van der Waals surface area contributed by atoms with Gasteiger partial charge in [-0.25, -0.2) is 0 Å². The highest BCUT2D eigenvalue weighted by Crippen LogP contribution is 2.14. The van der Waals surface area contributed by atoms with E-state index in [0.717, 1.165) is 49.1 Å². The maximum atomic E-state index is 12.1. The minimum Gasteiger partial charge on any atom is -0.322 e. The van der Waals surface area contributed by atoms with Crippen LogP contribution in [0, 0.1) is 0 Å². The number of nitrogens with one attached hydrogen (secondary N) is 2. The second kappa shape index (κ2) is 8.11. The predicted octanol–water partition coefficient (Wildman–Crippen LogP) is 2.52. The number of aryl methyl sites for hydroxylation is 1. The van der Waals surface area contributed by atoms with Gasteiger partial charge in [0.25, 0.3) is 5.56 Å². The average Bonchev–Trinajstić information content (AvgIpc) is 2.55. The third kappa shape index (κ3) is 4.18. The van der Waals surface area contributed by atoms with Crippen molar-refractivity contribution < 1.29 is 0 Å². The summed E-state index contributed by atoms with van der Waals surface area (Å²) in [7, 11) is 0. The second-order valence-electron chi connectivity index (χ2n) is 5.60. The van der Waals surface area contributed by atoms with Gasteiger partial charge in [0.05, 0.1) is 0 Å². The lowest BCUT2D eigenvalue weighted by Gasteiger charge is -2.17. The number of H-pyrrole nitrogens is 1. The molecule has 0 atom stereocenters. The number of benzene rings is 1. The van der Waals surface area contributed by atoms with Crippen molar-refractivity contribution in [3.63, 3.8) is 0 Å². The summed E-state index contributed by atoms with van der Waals surface area (Å²) >= 11 is 0. The van der Waals surface area contributed by atoms with Crippen LogP contribution in [0.3, 0.4) is 0 Å². The van der Waals surface area contributed by atoms with E-state index in [9.17, 15) is 4.79 Å². The molecule has 1 aromatic carbocycles. The third-order valence-corrected chi connectivity index (χ3v) is 4.21. The Morgan fingerprint density at radius 3 is 2.59 bits per heavy atom. The molecule has 4 nitrogen and oxygen atoms in total. The molecule has 22 heavy (non-hydrogen) atoms. The number of hydrogen-bond acceptors (Lipinski definition) is 3. The SMILES string of the molecule is CCc1ccc2[nH]c(=O)c(CNCCN(CC)CC)cc2c1. The summed E-state index contributed by atoms with van der Waals surface area (Å²) in [6, 6.07) is 8.23. The van der Waals surface area contributed by atoms with Crippen LogP contribution in [-0.2, 0) is 13.0 Å². The Morgan fingerprint density at radius 1 is 1.14 bits per heavy atom. The van der Waals surface area contributed by atoms with Crippen molar-refractivity contribution in [2.24, 2.45) is 0 Å². The number of fused-ring (bicyclic) bond motifs is 1. The van der Waals surface area contributed by atoms with Crippen LogP contribution >= 0.6 is 0 Å². The summed E-state index contributed by atoms with van der Waals surface area (Å²) < 4.78 is 0. The van der Waals surface area contributed by atoms with Gasteiger partial charge in [0, 0.05) is 30.7 Å². The van der Waals surface area contributed by atoms with Gasteiger partial charge < -0.3 is 15.2 Å². The molecule has 0 saturated carbocycles. The Labute approximate surface area is 132 Å². The van der Waals surface area contributed by atoms with Crippen LogP contribution in [0.15, 0.2) is 29.1 Å². The molecule has 0 bridgehead atoms. The maximum Gasteiger partial charge on any atom is 0.252 e. The summed E-state index contributed by atoms with van der Waals surface area (Å²) in [4.78, 5) is 17.5. The summed E-state index contributed by atoms with van der Waals surface area (Å²) in [6.45, 7) is 11.1. The first-order valence-corrected chi connectivity index (χ1v) is 8.25. The van der Waals surface area contributed by atoms with Crippen molar-refractivity contribution in [3.05, 3.63) is 45.7 Å². The molecular weight excluding hydrogens is 274 g/mol. The van der Waals surface area contributed by atoms with E-state index in [0.29, 0.717) is 6.54 Å². The molecule has 2 aromatic rings. The van der Waals surface area contributed by atoms with Gasteiger partial charge in [-0.2, -0.15) is 0 Å². The van der Waals surface area contributed by atoms with Gasteiger partial charge in [-0.05, 0) is 48.7 Å².